The molecule has 3 rings (SSSR count). The third kappa shape index (κ3) is 4.63. The Morgan fingerprint density at radius 3 is 1.45 bits per heavy atom. The second-order valence-electron chi connectivity index (χ2n) is 8.34. The first-order valence-corrected chi connectivity index (χ1v) is 11.8. The lowest BCUT2D eigenvalue weighted by Crippen LogP contribution is -2.21. The van der Waals surface area contributed by atoms with E-state index in [0.29, 0.717) is 0 Å². The van der Waals surface area contributed by atoms with Gasteiger partial charge in [0.25, 0.3) is 0 Å². The number of benzene rings is 3. The maximum absolute atomic E-state index is 2.41. The van der Waals surface area contributed by atoms with Gasteiger partial charge in [-0.2, -0.15) is 0 Å². The molecular formula is C29H38N2. The number of aryl methyl sites for hydroxylation is 3. The molecule has 0 N–H and O–H groups in total. The molecule has 0 spiro atoms. The van der Waals surface area contributed by atoms with E-state index in [4.69, 9.17) is 0 Å². The zero-order chi connectivity index (χ0) is 22.5. The Bertz CT molecular complexity index is 1030. The highest BCUT2D eigenvalue weighted by molar-refractivity contribution is 5.89. The Morgan fingerprint density at radius 2 is 1.00 bits per heavy atom. The summed E-state index contributed by atoms with van der Waals surface area (Å²) in [6.07, 6.45) is 0. The van der Waals surface area contributed by atoms with Gasteiger partial charge in [-0.25, -0.2) is 0 Å². The van der Waals surface area contributed by atoms with E-state index in [1.165, 1.54) is 50.3 Å². The van der Waals surface area contributed by atoms with Crippen molar-refractivity contribution in [2.24, 2.45) is 0 Å². The summed E-state index contributed by atoms with van der Waals surface area (Å²) in [7, 11) is 0. The maximum Gasteiger partial charge on any atom is 0.0369 e. The lowest BCUT2D eigenvalue weighted by Gasteiger charge is -2.24. The molecule has 0 aromatic heterocycles. The van der Waals surface area contributed by atoms with Crippen molar-refractivity contribution < 1.29 is 0 Å². The molecule has 0 aliphatic rings. The van der Waals surface area contributed by atoms with Crippen molar-refractivity contribution in [3.8, 4) is 22.3 Å². The standard InChI is InChI=1S/C29H38N2/c1-8-30(9-2)24-15-17-26(22(6)19-24)28-14-12-13-21(5)29(28)27-18-16-25(20-23(27)7)31(10-3)11-4/h12-20H,8-11H2,1-7H3. The molecular weight excluding hydrogens is 376 g/mol. The molecule has 0 aliphatic heterocycles. The Kier molecular flexibility index (Phi) is 7.43. The number of anilines is 2. The van der Waals surface area contributed by atoms with Gasteiger partial charge in [0.2, 0.25) is 0 Å². The summed E-state index contributed by atoms with van der Waals surface area (Å²) in [6, 6.07) is 20.6. The molecule has 164 valence electrons. The van der Waals surface area contributed by atoms with E-state index >= 15 is 0 Å². The van der Waals surface area contributed by atoms with Gasteiger partial charge in [-0.1, -0.05) is 30.3 Å². The Hall–Kier alpha value is -2.74. The maximum atomic E-state index is 2.41. The van der Waals surface area contributed by atoms with E-state index in [2.05, 4.69) is 113 Å². The van der Waals surface area contributed by atoms with Crippen molar-refractivity contribution in [3.05, 3.63) is 71.3 Å². The monoisotopic (exact) mass is 414 g/mol. The number of hydrogen-bond acceptors (Lipinski definition) is 2. The second-order valence-corrected chi connectivity index (χ2v) is 8.34. The fourth-order valence-electron chi connectivity index (χ4n) is 4.70. The highest BCUT2D eigenvalue weighted by atomic mass is 15.1. The Balaban J connectivity index is 2.12. The summed E-state index contributed by atoms with van der Waals surface area (Å²) < 4.78 is 0. The quantitative estimate of drug-likeness (QED) is 0.374. The largest absolute Gasteiger partial charge is 0.372 e. The first kappa shape index (κ1) is 22.9. The Labute approximate surface area is 189 Å². The van der Waals surface area contributed by atoms with Crippen molar-refractivity contribution in [1.29, 1.82) is 0 Å². The molecule has 0 radical (unpaired) electrons. The molecule has 2 heteroatoms. The van der Waals surface area contributed by atoms with E-state index in [0.717, 1.165) is 26.2 Å². The van der Waals surface area contributed by atoms with Gasteiger partial charge in [0.05, 0.1) is 0 Å². The van der Waals surface area contributed by atoms with Gasteiger partial charge in [0.15, 0.2) is 0 Å². The van der Waals surface area contributed by atoms with Crippen LogP contribution < -0.4 is 9.80 Å². The van der Waals surface area contributed by atoms with E-state index in [9.17, 15) is 0 Å². The number of nitrogens with zero attached hydrogens (tertiary/aromatic N) is 2. The highest BCUT2D eigenvalue weighted by Gasteiger charge is 2.15. The van der Waals surface area contributed by atoms with Gasteiger partial charge < -0.3 is 9.80 Å². The first-order chi connectivity index (χ1) is 14.9. The number of hydrogen-bond donors (Lipinski definition) is 0. The van der Waals surface area contributed by atoms with E-state index in [1.807, 2.05) is 0 Å². The van der Waals surface area contributed by atoms with Crippen LogP contribution >= 0.6 is 0 Å². The molecule has 0 atom stereocenters. The molecule has 2 nitrogen and oxygen atoms in total. The lowest BCUT2D eigenvalue weighted by molar-refractivity contribution is 0.865. The molecule has 31 heavy (non-hydrogen) atoms. The Morgan fingerprint density at radius 1 is 0.516 bits per heavy atom. The average molecular weight is 415 g/mol. The SMILES string of the molecule is CCN(CC)c1ccc(-c2cccc(C)c2-c2ccc(N(CC)CC)cc2C)c(C)c1. The van der Waals surface area contributed by atoms with Crippen molar-refractivity contribution in [2.45, 2.75) is 48.5 Å². The zero-order valence-corrected chi connectivity index (χ0v) is 20.4. The third-order valence-electron chi connectivity index (χ3n) is 6.51. The normalized spacial score (nSPS) is 10.9. The van der Waals surface area contributed by atoms with Crippen LogP contribution in [0.4, 0.5) is 11.4 Å². The van der Waals surface area contributed by atoms with Gasteiger partial charge in [0.1, 0.15) is 0 Å². The predicted molar refractivity (Wildman–Crippen MR) is 139 cm³/mol. The summed E-state index contributed by atoms with van der Waals surface area (Å²) >= 11 is 0. The minimum Gasteiger partial charge on any atom is -0.372 e. The van der Waals surface area contributed by atoms with Crippen LogP contribution in [-0.2, 0) is 0 Å². The van der Waals surface area contributed by atoms with Gasteiger partial charge in [-0.15, -0.1) is 0 Å². The fraction of sp³-hybridized carbons (Fsp3) is 0.379. The minimum absolute atomic E-state index is 1.03. The summed E-state index contributed by atoms with van der Waals surface area (Å²) in [4.78, 5) is 4.82. The molecule has 0 amide bonds. The smallest absolute Gasteiger partial charge is 0.0369 e. The highest BCUT2D eigenvalue weighted by Crippen LogP contribution is 2.39. The van der Waals surface area contributed by atoms with Crippen molar-refractivity contribution in [3.63, 3.8) is 0 Å². The van der Waals surface area contributed by atoms with Crippen LogP contribution in [0, 0.1) is 20.8 Å². The summed E-state index contributed by atoms with van der Waals surface area (Å²) in [6.45, 7) is 19.7. The van der Waals surface area contributed by atoms with Gasteiger partial charge >= 0.3 is 0 Å². The molecule has 0 fully saturated rings. The first-order valence-electron chi connectivity index (χ1n) is 11.8. The molecule has 0 unspecified atom stereocenters. The zero-order valence-electron chi connectivity index (χ0n) is 20.4. The van der Waals surface area contributed by atoms with Crippen LogP contribution in [0.15, 0.2) is 54.6 Å². The van der Waals surface area contributed by atoms with Crippen LogP contribution in [0.5, 0.6) is 0 Å². The molecule has 0 aliphatic carbocycles. The lowest BCUT2D eigenvalue weighted by atomic mass is 9.87. The molecule has 0 saturated heterocycles. The van der Waals surface area contributed by atoms with Crippen LogP contribution in [0.25, 0.3) is 22.3 Å². The third-order valence-corrected chi connectivity index (χ3v) is 6.51. The van der Waals surface area contributed by atoms with Crippen LogP contribution in [-0.4, -0.2) is 26.2 Å². The summed E-state index contributed by atoms with van der Waals surface area (Å²) in [5.41, 5.74) is 11.9. The van der Waals surface area contributed by atoms with Gasteiger partial charge in [0, 0.05) is 37.6 Å². The summed E-state index contributed by atoms with van der Waals surface area (Å²) in [5, 5.41) is 0. The molecule has 0 heterocycles. The van der Waals surface area contributed by atoms with Crippen LogP contribution in [0.1, 0.15) is 44.4 Å². The van der Waals surface area contributed by atoms with Crippen molar-refractivity contribution >= 4 is 11.4 Å². The van der Waals surface area contributed by atoms with Gasteiger partial charge in [-0.3, -0.25) is 0 Å². The second kappa shape index (κ2) is 10.0. The predicted octanol–water partition coefficient (Wildman–Crippen LogP) is 7.64. The minimum atomic E-state index is 1.03. The van der Waals surface area contributed by atoms with E-state index < -0.39 is 0 Å². The number of rotatable bonds is 8. The molecule has 3 aromatic carbocycles. The molecule has 0 saturated carbocycles. The van der Waals surface area contributed by atoms with Crippen LogP contribution in [0.3, 0.4) is 0 Å². The van der Waals surface area contributed by atoms with Gasteiger partial charge in [-0.05, 0) is 112 Å². The molecule has 0 bridgehead atoms. The topological polar surface area (TPSA) is 6.48 Å². The van der Waals surface area contributed by atoms with Crippen molar-refractivity contribution in [1.82, 2.24) is 0 Å². The average Bonchev–Trinajstić information content (AvgIpc) is 2.76. The molecule has 3 aromatic rings. The fourth-order valence-corrected chi connectivity index (χ4v) is 4.70. The summed E-state index contributed by atoms with van der Waals surface area (Å²) in [5.74, 6) is 0. The van der Waals surface area contributed by atoms with E-state index in [-0.39, 0.29) is 0 Å². The van der Waals surface area contributed by atoms with Crippen LogP contribution in [0.2, 0.25) is 0 Å². The van der Waals surface area contributed by atoms with Crippen molar-refractivity contribution in [2.75, 3.05) is 36.0 Å². The van der Waals surface area contributed by atoms with E-state index in [1.54, 1.807) is 0 Å².